The van der Waals surface area contributed by atoms with Crippen LogP contribution < -0.4 is 10.6 Å². The maximum Gasteiger partial charge on any atom is 0.137 e. The topological polar surface area (TPSA) is 64.3 Å². The number of anilines is 2. The van der Waals surface area contributed by atoms with Gasteiger partial charge < -0.3 is 15.4 Å². The van der Waals surface area contributed by atoms with E-state index in [0.29, 0.717) is 5.82 Å². The molecule has 0 radical (unpaired) electrons. The number of aromatic nitrogens is 2. The van der Waals surface area contributed by atoms with Gasteiger partial charge in [-0.1, -0.05) is 6.92 Å². The first-order valence-electron chi connectivity index (χ1n) is 7.38. The Morgan fingerprint density at radius 1 is 1.40 bits per heavy atom. The van der Waals surface area contributed by atoms with E-state index in [1.807, 2.05) is 6.92 Å². The summed E-state index contributed by atoms with van der Waals surface area (Å²) in [6, 6.07) is 0. The summed E-state index contributed by atoms with van der Waals surface area (Å²) in [6.45, 7) is 12.1. The Bertz CT molecular complexity index is 487. The first-order chi connectivity index (χ1) is 9.32. The molecule has 2 rings (SSSR count). The van der Waals surface area contributed by atoms with Crippen molar-refractivity contribution in [1.29, 1.82) is 0 Å². The van der Waals surface area contributed by atoms with Crippen molar-refractivity contribution in [2.24, 2.45) is 0 Å². The molecule has 0 aliphatic carbocycles. The van der Waals surface area contributed by atoms with Gasteiger partial charge in [0.1, 0.15) is 17.5 Å². The van der Waals surface area contributed by atoms with Crippen molar-refractivity contribution >= 4 is 11.6 Å². The van der Waals surface area contributed by atoms with E-state index in [9.17, 15) is 0 Å². The van der Waals surface area contributed by atoms with Crippen LogP contribution >= 0.6 is 0 Å². The molecule has 0 amide bonds. The Morgan fingerprint density at radius 3 is 2.70 bits per heavy atom. The van der Waals surface area contributed by atoms with Gasteiger partial charge in [-0.25, -0.2) is 9.97 Å². The van der Waals surface area contributed by atoms with Gasteiger partial charge in [0.25, 0.3) is 0 Å². The zero-order valence-electron chi connectivity index (χ0n) is 13.2. The second kappa shape index (κ2) is 5.56. The molecule has 0 saturated carbocycles. The molecule has 0 spiro atoms. The summed E-state index contributed by atoms with van der Waals surface area (Å²) >= 11 is 0. The third kappa shape index (κ3) is 3.20. The summed E-state index contributed by atoms with van der Waals surface area (Å²) in [5, 5.41) is 0. The molecule has 1 saturated heterocycles. The van der Waals surface area contributed by atoms with Crippen LogP contribution in [0.25, 0.3) is 0 Å². The second-order valence-corrected chi connectivity index (χ2v) is 6.29. The predicted molar refractivity (Wildman–Crippen MR) is 82.0 cm³/mol. The molecule has 20 heavy (non-hydrogen) atoms. The Morgan fingerprint density at radius 2 is 2.10 bits per heavy atom. The normalized spacial score (nSPS) is 22.1. The number of nitrogens with two attached hydrogens (primary N) is 1. The summed E-state index contributed by atoms with van der Waals surface area (Å²) in [4.78, 5) is 11.4. The standard InChI is InChI=1S/C15H26N4O/c1-6-7-12-17-13(16)11(3)14(18-12)19-8-10(2)20-15(4,5)9-19/h10H,6-9H2,1-5H3,(H2,16,17,18). The Balaban J connectivity index is 2.35. The molecule has 2 heterocycles. The summed E-state index contributed by atoms with van der Waals surface area (Å²) in [5.74, 6) is 2.39. The predicted octanol–water partition coefficient (Wildman–Crippen LogP) is 2.32. The van der Waals surface area contributed by atoms with E-state index in [0.717, 1.165) is 43.1 Å². The van der Waals surface area contributed by atoms with Crippen LogP contribution in [-0.4, -0.2) is 34.8 Å². The molecule has 112 valence electrons. The highest BCUT2D eigenvalue weighted by Crippen LogP contribution is 2.28. The number of hydrogen-bond acceptors (Lipinski definition) is 5. The van der Waals surface area contributed by atoms with Crippen molar-refractivity contribution in [2.75, 3.05) is 23.7 Å². The van der Waals surface area contributed by atoms with Crippen molar-refractivity contribution in [2.45, 2.75) is 59.2 Å². The first kappa shape index (κ1) is 15.0. The Hall–Kier alpha value is -1.36. The fourth-order valence-electron chi connectivity index (χ4n) is 2.83. The fraction of sp³-hybridized carbons (Fsp3) is 0.733. The molecule has 1 aliphatic rings. The van der Waals surface area contributed by atoms with Crippen LogP contribution in [0.3, 0.4) is 0 Å². The maximum atomic E-state index is 6.05. The summed E-state index contributed by atoms with van der Waals surface area (Å²) in [5.41, 5.74) is 6.85. The van der Waals surface area contributed by atoms with E-state index >= 15 is 0 Å². The minimum atomic E-state index is -0.172. The number of aryl methyl sites for hydroxylation is 1. The van der Waals surface area contributed by atoms with E-state index in [-0.39, 0.29) is 11.7 Å². The van der Waals surface area contributed by atoms with E-state index in [4.69, 9.17) is 15.5 Å². The van der Waals surface area contributed by atoms with Gasteiger partial charge in [0.15, 0.2) is 0 Å². The Kier molecular flexibility index (Phi) is 4.18. The molecular weight excluding hydrogens is 252 g/mol. The van der Waals surface area contributed by atoms with Crippen LogP contribution in [0.2, 0.25) is 0 Å². The third-order valence-corrected chi connectivity index (χ3v) is 3.55. The van der Waals surface area contributed by atoms with Crippen molar-refractivity contribution in [3.8, 4) is 0 Å². The van der Waals surface area contributed by atoms with Gasteiger partial charge in [0, 0.05) is 25.1 Å². The SMILES string of the molecule is CCCc1nc(N)c(C)c(N2CC(C)OC(C)(C)C2)n1. The molecule has 5 heteroatoms. The average Bonchev–Trinajstić information content (AvgIpc) is 2.31. The minimum absolute atomic E-state index is 0.172. The lowest BCUT2D eigenvalue weighted by molar-refractivity contribution is -0.0752. The van der Waals surface area contributed by atoms with Crippen LogP contribution in [0.15, 0.2) is 0 Å². The van der Waals surface area contributed by atoms with Gasteiger partial charge in [-0.15, -0.1) is 0 Å². The number of nitrogens with zero attached hydrogens (tertiary/aromatic N) is 3. The molecule has 1 atom stereocenters. The Labute approximate surface area is 121 Å². The van der Waals surface area contributed by atoms with Crippen LogP contribution in [0, 0.1) is 6.92 Å². The van der Waals surface area contributed by atoms with Crippen molar-refractivity contribution in [3.63, 3.8) is 0 Å². The van der Waals surface area contributed by atoms with Crippen LogP contribution in [-0.2, 0) is 11.2 Å². The molecule has 1 fully saturated rings. The maximum absolute atomic E-state index is 6.05. The minimum Gasteiger partial charge on any atom is -0.383 e. The van der Waals surface area contributed by atoms with Crippen LogP contribution in [0.5, 0.6) is 0 Å². The van der Waals surface area contributed by atoms with E-state index in [1.54, 1.807) is 0 Å². The highest BCUT2D eigenvalue weighted by molar-refractivity contribution is 5.57. The lowest BCUT2D eigenvalue weighted by Gasteiger charge is -2.42. The van der Waals surface area contributed by atoms with E-state index in [1.165, 1.54) is 0 Å². The molecule has 1 aromatic heterocycles. The molecular formula is C15H26N4O. The number of rotatable bonds is 3. The smallest absolute Gasteiger partial charge is 0.137 e. The number of morpholine rings is 1. The lowest BCUT2D eigenvalue weighted by atomic mass is 10.0. The zero-order valence-corrected chi connectivity index (χ0v) is 13.2. The molecule has 2 N–H and O–H groups in total. The largest absolute Gasteiger partial charge is 0.383 e. The molecule has 1 aromatic rings. The zero-order chi connectivity index (χ0) is 14.9. The third-order valence-electron chi connectivity index (χ3n) is 3.55. The number of hydrogen-bond donors (Lipinski definition) is 1. The van der Waals surface area contributed by atoms with Crippen molar-refractivity contribution < 1.29 is 4.74 Å². The highest BCUT2D eigenvalue weighted by Gasteiger charge is 2.33. The van der Waals surface area contributed by atoms with Crippen LogP contribution in [0.1, 0.15) is 45.5 Å². The van der Waals surface area contributed by atoms with Gasteiger partial charge >= 0.3 is 0 Å². The van der Waals surface area contributed by atoms with Crippen molar-refractivity contribution in [1.82, 2.24) is 9.97 Å². The highest BCUT2D eigenvalue weighted by atomic mass is 16.5. The number of nitrogen functional groups attached to an aromatic ring is 1. The summed E-state index contributed by atoms with van der Waals surface area (Å²) in [7, 11) is 0. The van der Waals surface area contributed by atoms with Gasteiger partial charge in [0.05, 0.1) is 11.7 Å². The average molecular weight is 278 g/mol. The van der Waals surface area contributed by atoms with Gasteiger partial charge in [-0.2, -0.15) is 0 Å². The molecule has 1 aliphatic heterocycles. The molecule has 1 unspecified atom stereocenters. The van der Waals surface area contributed by atoms with Gasteiger partial charge in [-0.05, 0) is 34.1 Å². The summed E-state index contributed by atoms with van der Waals surface area (Å²) < 4.78 is 5.96. The first-order valence-corrected chi connectivity index (χ1v) is 7.38. The van der Waals surface area contributed by atoms with Crippen molar-refractivity contribution in [3.05, 3.63) is 11.4 Å². The van der Waals surface area contributed by atoms with Gasteiger partial charge in [-0.3, -0.25) is 0 Å². The van der Waals surface area contributed by atoms with E-state index < -0.39 is 0 Å². The quantitative estimate of drug-likeness (QED) is 0.919. The monoisotopic (exact) mass is 278 g/mol. The van der Waals surface area contributed by atoms with Crippen LogP contribution in [0.4, 0.5) is 11.6 Å². The van der Waals surface area contributed by atoms with Gasteiger partial charge in [0.2, 0.25) is 0 Å². The lowest BCUT2D eigenvalue weighted by Crippen LogP contribution is -2.52. The molecule has 0 aromatic carbocycles. The fourth-order valence-corrected chi connectivity index (χ4v) is 2.83. The molecule has 0 bridgehead atoms. The van der Waals surface area contributed by atoms with E-state index in [2.05, 4.69) is 37.6 Å². The number of ether oxygens (including phenoxy) is 1. The summed E-state index contributed by atoms with van der Waals surface area (Å²) in [6.07, 6.45) is 2.07. The molecule has 5 nitrogen and oxygen atoms in total. The second-order valence-electron chi connectivity index (χ2n) is 6.29.